The van der Waals surface area contributed by atoms with E-state index >= 15 is 0 Å². The summed E-state index contributed by atoms with van der Waals surface area (Å²) >= 11 is 0. The van der Waals surface area contributed by atoms with Gasteiger partial charge in [-0.1, -0.05) is 6.07 Å². The third kappa shape index (κ3) is 2.70. The molecule has 1 aliphatic rings. The third-order valence-electron chi connectivity index (χ3n) is 3.20. The fourth-order valence-corrected chi connectivity index (χ4v) is 2.18. The molecular formula is C14H16N4O2. The van der Waals surface area contributed by atoms with Crippen LogP contribution in [-0.2, 0) is 16.0 Å². The minimum atomic E-state index is -0.467. The molecule has 1 N–H and O–H groups in total. The number of rotatable bonds is 3. The maximum absolute atomic E-state index is 11.7. The van der Waals surface area contributed by atoms with E-state index < -0.39 is 6.10 Å². The summed E-state index contributed by atoms with van der Waals surface area (Å²) in [6, 6.07) is 5.68. The molecule has 1 amide bonds. The second-order valence-electron chi connectivity index (χ2n) is 4.84. The monoisotopic (exact) mass is 272 g/mol. The highest BCUT2D eigenvalue weighted by molar-refractivity contribution is 5.81. The molecule has 20 heavy (non-hydrogen) atoms. The van der Waals surface area contributed by atoms with Crippen LogP contribution in [0.25, 0.3) is 5.82 Å². The van der Waals surface area contributed by atoms with Crippen LogP contribution >= 0.6 is 0 Å². The normalized spacial score (nSPS) is 22.6. The van der Waals surface area contributed by atoms with E-state index in [-0.39, 0.29) is 12.0 Å². The maximum Gasteiger partial charge on any atom is 0.249 e. The molecule has 2 aromatic heterocycles. The van der Waals surface area contributed by atoms with Crippen molar-refractivity contribution in [2.75, 3.05) is 6.54 Å². The van der Waals surface area contributed by atoms with Crippen LogP contribution in [0.4, 0.5) is 0 Å². The van der Waals surface area contributed by atoms with E-state index in [2.05, 4.69) is 15.3 Å². The molecule has 6 heteroatoms. The number of carbonyl (C=O) groups excluding carboxylic acids is 1. The molecule has 1 aliphatic heterocycles. The Hall–Kier alpha value is -2.21. The molecule has 2 atom stereocenters. The summed E-state index contributed by atoms with van der Waals surface area (Å²) in [5.74, 6) is 0.726. The highest BCUT2D eigenvalue weighted by Crippen LogP contribution is 2.12. The number of amides is 1. The van der Waals surface area contributed by atoms with Crippen LogP contribution in [0, 0.1) is 0 Å². The molecule has 1 saturated heterocycles. The average Bonchev–Trinajstić information content (AvgIpc) is 2.92. The summed E-state index contributed by atoms with van der Waals surface area (Å²) in [6.45, 7) is 2.51. The van der Waals surface area contributed by atoms with Crippen LogP contribution in [0.15, 0.2) is 36.9 Å². The zero-order valence-corrected chi connectivity index (χ0v) is 11.2. The molecular weight excluding hydrogens is 256 g/mol. The molecule has 0 spiro atoms. The van der Waals surface area contributed by atoms with Crippen molar-refractivity contribution in [3.05, 3.63) is 42.6 Å². The zero-order chi connectivity index (χ0) is 13.9. The summed E-state index contributed by atoms with van der Waals surface area (Å²) < 4.78 is 7.47. The molecule has 0 saturated carbocycles. The molecule has 3 rings (SSSR count). The van der Waals surface area contributed by atoms with Gasteiger partial charge in [0, 0.05) is 25.4 Å². The molecule has 6 nitrogen and oxygen atoms in total. The summed E-state index contributed by atoms with van der Waals surface area (Å²) in [4.78, 5) is 20.3. The van der Waals surface area contributed by atoms with Gasteiger partial charge in [0.05, 0.1) is 11.8 Å². The number of morpholine rings is 1. The van der Waals surface area contributed by atoms with Gasteiger partial charge in [0.2, 0.25) is 5.91 Å². The van der Waals surface area contributed by atoms with Gasteiger partial charge in [-0.25, -0.2) is 9.97 Å². The molecule has 0 bridgehead atoms. The fraction of sp³-hybridized carbons (Fsp3) is 0.357. The number of nitrogens with zero attached hydrogens (tertiary/aromatic N) is 3. The van der Waals surface area contributed by atoms with Gasteiger partial charge in [0.1, 0.15) is 18.2 Å². The van der Waals surface area contributed by atoms with Crippen molar-refractivity contribution in [2.45, 2.75) is 25.6 Å². The zero-order valence-electron chi connectivity index (χ0n) is 11.2. The molecule has 0 aliphatic carbocycles. The number of nitrogens with one attached hydrogen (secondary N) is 1. The largest absolute Gasteiger partial charge is 0.363 e. The van der Waals surface area contributed by atoms with Crippen LogP contribution in [0.3, 0.4) is 0 Å². The van der Waals surface area contributed by atoms with Crippen LogP contribution in [0.1, 0.15) is 12.6 Å². The number of aromatic nitrogens is 3. The van der Waals surface area contributed by atoms with E-state index in [4.69, 9.17) is 4.74 Å². The van der Waals surface area contributed by atoms with Gasteiger partial charge in [-0.05, 0) is 19.1 Å². The third-order valence-corrected chi connectivity index (χ3v) is 3.20. The highest BCUT2D eigenvalue weighted by atomic mass is 16.5. The molecule has 3 heterocycles. The molecule has 0 unspecified atom stereocenters. The first-order chi connectivity index (χ1) is 9.72. The number of ether oxygens (including phenoxy) is 1. The van der Waals surface area contributed by atoms with Gasteiger partial charge < -0.3 is 10.1 Å². The fourth-order valence-electron chi connectivity index (χ4n) is 2.18. The van der Waals surface area contributed by atoms with Gasteiger partial charge in [-0.15, -0.1) is 0 Å². The van der Waals surface area contributed by atoms with Crippen LogP contribution < -0.4 is 5.32 Å². The van der Waals surface area contributed by atoms with Crippen molar-refractivity contribution in [2.24, 2.45) is 0 Å². The first-order valence-electron chi connectivity index (χ1n) is 6.60. The lowest BCUT2D eigenvalue weighted by molar-refractivity contribution is -0.143. The van der Waals surface area contributed by atoms with Gasteiger partial charge >= 0.3 is 0 Å². The van der Waals surface area contributed by atoms with E-state index in [0.29, 0.717) is 13.0 Å². The number of hydrogen-bond donors (Lipinski definition) is 1. The average molecular weight is 272 g/mol. The Morgan fingerprint density at radius 2 is 2.35 bits per heavy atom. The van der Waals surface area contributed by atoms with Crippen molar-refractivity contribution < 1.29 is 9.53 Å². The summed E-state index contributed by atoms with van der Waals surface area (Å²) in [6.07, 6.45) is 5.34. The lowest BCUT2D eigenvalue weighted by Gasteiger charge is -2.27. The summed E-state index contributed by atoms with van der Waals surface area (Å²) in [5, 5.41) is 2.83. The maximum atomic E-state index is 11.7. The minimum Gasteiger partial charge on any atom is -0.363 e. The second kappa shape index (κ2) is 5.42. The first-order valence-corrected chi connectivity index (χ1v) is 6.60. The smallest absolute Gasteiger partial charge is 0.249 e. The molecule has 1 fully saturated rings. The van der Waals surface area contributed by atoms with Gasteiger partial charge in [-0.3, -0.25) is 9.36 Å². The van der Waals surface area contributed by atoms with Crippen molar-refractivity contribution in [3.8, 4) is 5.82 Å². The molecule has 0 radical (unpaired) electrons. The summed E-state index contributed by atoms with van der Waals surface area (Å²) in [5.41, 5.74) is 0.810. The number of hydrogen-bond acceptors (Lipinski definition) is 4. The second-order valence-corrected chi connectivity index (χ2v) is 4.84. The Balaban J connectivity index is 1.73. The molecule has 2 aromatic rings. The molecule has 0 aromatic carbocycles. The van der Waals surface area contributed by atoms with E-state index in [1.807, 2.05) is 35.9 Å². The van der Waals surface area contributed by atoms with E-state index in [1.54, 1.807) is 12.5 Å². The Morgan fingerprint density at radius 1 is 1.45 bits per heavy atom. The van der Waals surface area contributed by atoms with Gasteiger partial charge in [0.15, 0.2) is 0 Å². The summed E-state index contributed by atoms with van der Waals surface area (Å²) in [7, 11) is 0. The standard InChI is InChI=1S/C14H16N4O2/c1-10-7-16-14(19)12(20-10)6-11-8-18(9-17-11)13-4-2-3-5-15-13/h2-5,8-10,12H,6-7H2,1H3,(H,16,19)/t10-,12+/m1/s1. The van der Waals surface area contributed by atoms with Gasteiger partial charge in [0.25, 0.3) is 0 Å². The SMILES string of the molecule is C[C@@H]1CNC(=O)[C@H](Cc2cn(-c3ccccn3)cn2)O1. The Kier molecular flexibility index (Phi) is 3.47. The predicted octanol–water partition coefficient (Wildman–Crippen LogP) is 0.713. The Labute approximate surface area is 116 Å². The van der Waals surface area contributed by atoms with E-state index in [1.165, 1.54) is 0 Å². The van der Waals surface area contributed by atoms with Crippen LogP contribution in [-0.4, -0.2) is 39.2 Å². The van der Waals surface area contributed by atoms with E-state index in [0.717, 1.165) is 11.5 Å². The van der Waals surface area contributed by atoms with Gasteiger partial charge in [-0.2, -0.15) is 0 Å². The van der Waals surface area contributed by atoms with Crippen LogP contribution in [0.5, 0.6) is 0 Å². The van der Waals surface area contributed by atoms with E-state index in [9.17, 15) is 4.79 Å². The lowest BCUT2D eigenvalue weighted by atomic mass is 10.1. The highest BCUT2D eigenvalue weighted by Gasteiger charge is 2.27. The molecule has 104 valence electrons. The Bertz CT molecular complexity index is 596. The topological polar surface area (TPSA) is 69.0 Å². The Morgan fingerprint density at radius 3 is 3.15 bits per heavy atom. The first kappa shape index (κ1) is 12.8. The predicted molar refractivity (Wildman–Crippen MR) is 72.4 cm³/mol. The number of carbonyl (C=O) groups is 1. The number of pyridine rings is 1. The quantitative estimate of drug-likeness (QED) is 0.893. The lowest BCUT2D eigenvalue weighted by Crippen LogP contribution is -2.49. The van der Waals surface area contributed by atoms with Crippen molar-refractivity contribution >= 4 is 5.91 Å². The minimum absolute atomic E-state index is 0.0376. The van der Waals surface area contributed by atoms with Crippen molar-refractivity contribution in [1.82, 2.24) is 19.9 Å². The van der Waals surface area contributed by atoms with Crippen LogP contribution in [0.2, 0.25) is 0 Å². The van der Waals surface area contributed by atoms with Crippen molar-refractivity contribution in [3.63, 3.8) is 0 Å². The van der Waals surface area contributed by atoms with Crippen molar-refractivity contribution in [1.29, 1.82) is 0 Å². The number of imidazole rings is 1.